The number of carboxylic acid groups (broad SMARTS) is 1. The van der Waals surface area contributed by atoms with Crippen molar-refractivity contribution in [3.8, 4) is 17.2 Å². The first-order chi connectivity index (χ1) is 19.2. The van der Waals surface area contributed by atoms with E-state index >= 15 is 0 Å². The quantitative estimate of drug-likeness (QED) is 0.0764. The number of hydrogen-bond acceptors (Lipinski definition) is 8. The first-order valence-corrected chi connectivity index (χ1v) is 13.1. The number of rotatable bonds is 14. The fourth-order valence-corrected chi connectivity index (χ4v) is 3.90. The molecule has 210 valence electrons. The fraction of sp³-hybridized carbons (Fsp3) is 0.258. The first-order valence-electron chi connectivity index (χ1n) is 13.1. The molecule has 3 aromatic rings. The number of carbonyl (C=O) groups is 3. The molecule has 3 aromatic carbocycles. The summed E-state index contributed by atoms with van der Waals surface area (Å²) >= 11 is 0. The predicted molar refractivity (Wildman–Crippen MR) is 153 cm³/mol. The molecule has 0 fully saturated rings. The molecule has 40 heavy (non-hydrogen) atoms. The van der Waals surface area contributed by atoms with E-state index in [4.69, 9.17) is 25.7 Å². The molecule has 0 heterocycles. The molecule has 0 aliphatic heterocycles. The van der Waals surface area contributed by atoms with Crippen LogP contribution in [0.15, 0.2) is 66.7 Å². The van der Waals surface area contributed by atoms with E-state index in [1.165, 1.54) is 18.2 Å². The molecule has 5 N–H and O–H groups in total. The van der Waals surface area contributed by atoms with Crippen molar-refractivity contribution < 1.29 is 33.7 Å². The van der Waals surface area contributed by atoms with Gasteiger partial charge >= 0.3 is 17.9 Å². The number of nitrogens with two attached hydrogens (primary N) is 2. The Balaban J connectivity index is 1.45. The van der Waals surface area contributed by atoms with Gasteiger partial charge in [0.1, 0.15) is 17.2 Å². The van der Waals surface area contributed by atoms with Crippen molar-refractivity contribution in [2.24, 2.45) is 0 Å². The summed E-state index contributed by atoms with van der Waals surface area (Å²) in [6, 6.07) is 16.2. The van der Waals surface area contributed by atoms with Crippen molar-refractivity contribution in [3.63, 3.8) is 0 Å². The number of unbranched alkanes of at least 4 members (excludes halogenated alkanes) is 3. The Hall–Kier alpha value is -4.79. The van der Waals surface area contributed by atoms with Crippen molar-refractivity contribution in [2.75, 3.05) is 18.1 Å². The van der Waals surface area contributed by atoms with Gasteiger partial charge in [0.05, 0.1) is 12.2 Å². The fourth-order valence-electron chi connectivity index (χ4n) is 3.90. The van der Waals surface area contributed by atoms with E-state index in [-0.39, 0.29) is 23.8 Å². The summed E-state index contributed by atoms with van der Waals surface area (Å²) in [7, 11) is 0. The lowest BCUT2D eigenvalue weighted by Gasteiger charge is -2.12. The van der Waals surface area contributed by atoms with Crippen molar-refractivity contribution in [1.82, 2.24) is 0 Å². The number of carboxylic acids is 1. The highest BCUT2D eigenvalue weighted by atomic mass is 16.5. The van der Waals surface area contributed by atoms with Gasteiger partial charge in [0.2, 0.25) is 0 Å². The van der Waals surface area contributed by atoms with E-state index in [1.807, 2.05) is 0 Å². The minimum atomic E-state index is -1.10. The number of nitrogen functional groups attached to an aromatic ring is 2. The maximum absolute atomic E-state index is 12.2. The average Bonchev–Trinajstić information content (AvgIpc) is 2.92. The number of hydrogen-bond donors (Lipinski definition) is 3. The minimum Gasteiger partial charge on any atom is -0.493 e. The SMILES string of the molecule is CCCCCCC(=O)Oc1ccc(OC(=O)/C=C/c2ccc(OCCc3c(N)cc(N)cc3C(=O)O)cc2)cc1. The number of anilines is 2. The standard InChI is InChI=1S/C31H34N2O7/c1-2-3-4-5-6-29(34)39-24-12-14-25(15-13-24)40-30(35)16-9-21-7-10-23(11-8-21)38-18-17-26-27(31(36)37)19-22(32)20-28(26)33/h7-16,19-20H,2-6,17-18,32-33H2,1H3,(H,36,37)/b16-9+. The van der Waals surface area contributed by atoms with Crippen LogP contribution < -0.4 is 25.7 Å². The van der Waals surface area contributed by atoms with E-state index in [0.717, 1.165) is 31.2 Å². The Morgan fingerprint density at radius 3 is 2.15 bits per heavy atom. The van der Waals surface area contributed by atoms with Gasteiger partial charge < -0.3 is 30.8 Å². The highest BCUT2D eigenvalue weighted by Gasteiger charge is 2.14. The third kappa shape index (κ3) is 9.50. The van der Waals surface area contributed by atoms with Crippen molar-refractivity contribution >= 4 is 35.4 Å². The molecule has 9 heteroatoms. The molecule has 0 bridgehead atoms. The molecular formula is C31H34N2O7. The third-order valence-electron chi connectivity index (χ3n) is 5.96. The predicted octanol–water partition coefficient (Wildman–Crippen LogP) is 5.67. The molecule has 0 amide bonds. The zero-order chi connectivity index (χ0) is 28.9. The average molecular weight is 547 g/mol. The molecule has 9 nitrogen and oxygen atoms in total. The number of carbonyl (C=O) groups excluding carboxylic acids is 2. The van der Waals surface area contributed by atoms with Crippen LogP contribution in [0, 0.1) is 0 Å². The molecule has 0 unspecified atom stereocenters. The van der Waals surface area contributed by atoms with E-state index in [0.29, 0.717) is 41.3 Å². The molecule has 0 saturated carbocycles. The molecule has 0 aromatic heterocycles. The van der Waals surface area contributed by atoms with Crippen LogP contribution in [0.5, 0.6) is 17.2 Å². The zero-order valence-corrected chi connectivity index (χ0v) is 22.4. The number of esters is 2. The van der Waals surface area contributed by atoms with Gasteiger partial charge in [0.25, 0.3) is 0 Å². The minimum absolute atomic E-state index is 0.0565. The molecule has 0 aliphatic rings. The summed E-state index contributed by atoms with van der Waals surface area (Å²) < 4.78 is 16.3. The highest BCUT2D eigenvalue weighted by Crippen LogP contribution is 2.23. The summed E-state index contributed by atoms with van der Waals surface area (Å²) in [5, 5.41) is 9.40. The summed E-state index contributed by atoms with van der Waals surface area (Å²) in [6.45, 7) is 2.33. The van der Waals surface area contributed by atoms with E-state index in [1.54, 1.807) is 54.6 Å². The van der Waals surface area contributed by atoms with E-state index < -0.39 is 11.9 Å². The highest BCUT2D eigenvalue weighted by molar-refractivity contribution is 5.92. The van der Waals surface area contributed by atoms with Gasteiger partial charge in [0, 0.05) is 30.3 Å². The monoisotopic (exact) mass is 546 g/mol. The van der Waals surface area contributed by atoms with Crippen LogP contribution in [0.1, 0.15) is 60.5 Å². The van der Waals surface area contributed by atoms with Gasteiger partial charge in [-0.3, -0.25) is 4.79 Å². The summed E-state index contributed by atoms with van der Waals surface area (Å²) in [5.41, 5.74) is 13.5. The van der Waals surface area contributed by atoms with Gasteiger partial charge in [-0.25, -0.2) is 9.59 Å². The van der Waals surface area contributed by atoms with Crippen LogP contribution in [0.4, 0.5) is 11.4 Å². The number of ether oxygens (including phenoxy) is 3. The topological polar surface area (TPSA) is 151 Å². The van der Waals surface area contributed by atoms with E-state index in [2.05, 4.69) is 6.92 Å². The lowest BCUT2D eigenvalue weighted by atomic mass is 10.0. The molecular weight excluding hydrogens is 512 g/mol. The Morgan fingerprint density at radius 2 is 1.50 bits per heavy atom. The molecule has 3 rings (SSSR count). The van der Waals surface area contributed by atoms with Gasteiger partial charge in [-0.15, -0.1) is 0 Å². The Bertz CT molecular complexity index is 1330. The van der Waals surface area contributed by atoms with Gasteiger partial charge in [-0.1, -0.05) is 38.3 Å². The normalized spacial score (nSPS) is 10.8. The second-order valence-electron chi connectivity index (χ2n) is 9.12. The molecule has 0 radical (unpaired) electrons. The molecule has 0 aliphatic carbocycles. The number of aromatic carboxylic acids is 1. The zero-order valence-electron chi connectivity index (χ0n) is 22.4. The van der Waals surface area contributed by atoms with E-state index in [9.17, 15) is 19.5 Å². The summed E-state index contributed by atoms with van der Waals surface area (Å²) in [5.74, 6) is -0.635. The van der Waals surface area contributed by atoms with Crippen LogP contribution in [0.25, 0.3) is 6.08 Å². The summed E-state index contributed by atoms with van der Waals surface area (Å²) in [4.78, 5) is 35.6. The first kappa shape index (κ1) is 29.8. The largest absolute Gasteiger partial charge is 0.493 e. The maximum Gasteiger partial charge on any atom is 0.336 e. The van der Waals surface area contributed by atoms with Crippen molar-refractivity contribution in [3.05, 3.63) is 83.4 Å². The lowest BCUT2D eigenvalue weighted by Crippen LogP contribution is -2.11. The lowest BCUT2D eigenvalue weighted by molar-refractivity contribution is -0.134. The van der Waals surface area contributed by atoms with Gasteiger partial charge in [-0.05, 0) is 72.2 Å². The molecule has 0 saturated heterocycles. The van der Waals surface area contributed by atoms with Crippen LogP contribution in [-0.2, 0) is 16.0 Å². The smallest absolute Gasteiger partial charge is 0.336 e. The summed E-state index contributed by atoms with van der Waals surface area (Å²) in [6.07, 6.45) is 7.59. The van der Waals surface area contributed by atoms with Crippen LogP contribution in [0.2, 0.25) is 0 Å². The van der Waals surface area contributed by atoms with Gasteiger partial charge in [0.15, 0.2) is 0 Å². The van der Waals surface area contributed by atoms with Crippen LogP contribution in [-0.4, -0.2) is 29.6 Å². The van der Waals surface area contributed by atoms with Crippen molar-refractivity contribution in [1.29, 1.82) is 0 Å². The second kappa shape index (κ2) is 15.0. The van der Waals surface area contributed by atoms with Crippen LogP contribution in [0.3, 0.4) is 0 Å². The Morgan fingerprint density at radius 1 is 0.850 bits per heavy atom. The Kier molecular flexibility index (Phi) is 11.1. The van der Waals surface area contributed by atoms with Gasteiger partial charge in [-0.2, -0.15) is 0 Å². The third-order valence-corrected chi connectivity index (χ3v) is 5.96. The van der Waals surface area contributed by atoms with Crippen molar-refractivity contribution in [2.45, 2.75) is 45.4 Å². The Labute approximate surface area is 233 Å². The molecule has 0 spiro atoms. The molecule has 0 atom stereocenters. The second-order valence-corrected chi connectivity index (χ2v) is 9.12. The maximum atomic E-state index is 12.2. The van der Waals surface area contributed by atoms with Crippen LogP contribution >= 0.6 is 0 Å². The number of benzene rings is 3.